The SMILES string of the molecule is O=C(CC1CCOCC1)OC1C2CC3C1OC(=O)C3C2C(=O)Oc1c(F)c(F)c(F)c(F)c1F. The number of benzene rings is 1. The second-order valence-corrected chi connectivity index (χ2v) is 9.05. The summed E-state index contributed by atoms with van der Waals surface area (Å²) in [6.07, 6.45) is -0.0195. The fraction of sp³-hybridized carbons (Fsp3) is 0.591. The maximum absolute atomic E-state index is 14.0. The molecule has 1 aromatic rings. The molecule has 2 bridgehead atoms. The fourth-order valence-corrected chi connectivity index (χ4v) is 5.70. The molecule has 0 radical (unpaired) electrons. The van der Waals surface area contributed by atoms with Crippen molar-refractivity contribution in [3.05, 3.63) is 29.1 Å². The van der Waals surface area contributed by atoms with Crippen molar-refractivity contribution in [2.45, 2.75) is 37.9 Å². The molecule has 1 aromatic carbocycles. The van der Waals surface area contributed by atoms with Crippen LogP contribution >= 0.6 is 0 Å². The first-order valence-corrected chi connectivity index (χ1v) is 10.9. The van der Waals surface area contributed by atoms with Crippen molar-refractivity contribution >= 4 is 17.9 Å². The Kier molecular flexibility index (Phi) is 5.73. The van der Waals surface area contributed by atoms with Gasteiger partial charge in [-0.3, -0.25) is 14.4 Å². The zero-order valence-electron chi connectivity index (χ0n) is 17.5. The lowest BCUT2D eigenvalue weighted by Gasteiger charge is -2.31. The van der Waals surface area contributed by atoms with Crippen molar-refractivity contribution in [3.8, 4) is 5.75 Å². The molecule has 0 N–H and O–H groups in total. The lowest BCUT2D eigenvalue weighted by molar-refractivity contribution is -0.165. The Labute approximate surface area is 189 Å². The van der Waals surface area contributed by atoms with E-state index >= 15 is 0 Å². The van der Waals surface area contributed by atoms with E-state index in [9.17, 15) is 36.3 Å². The molecule has 7 nitrogen and oxygen atoms in total. The van der Waals surface area contributed by atoms with Gasteiger partial charge in [0, 0.05) is 31.5 Å². The third kappa shape index (κ3) is 3.53. The molecule has 34 heavy (non-hydrogen) atoms. The maximum atomic E-state index is 14.0. The Morgan fingerprint density at radius 2 is 1.53 bits per heavy atom. The number of fused-ring (bicyclic) bond motifs is 1. The molecule has 2 aliphatic carbocycles. The Hall–Kier alpha value is -2.76. The van der Waals surface area contributed by atoms with Gasteiger partial charge in [0.1, 0.15) is 12.2 Å². The van der Waals surface area contributed by atoms with Gasteiger partial charge >= 0.3 is 17.9 Å². The summed E-state index contributed by atoms with van der Waals surface area (Å²) in [5, 5.41) is 0. The van der Waals surface area contributed by atoms with Gasteiger partial charge in [0.05, 0.1) is 11.8 Å². The molecule has 5 rings (SSSR count). The lowest BCUT2D eigenvalue weighted by Crippen LogP contribution is -2.44. The minimum atomic E-state index is -2.39. The van der Waals surface area contributed by atoms with E-state index in [1.807, 2.05) is 0 Å². The highest BCUT2D eigenvalue weighted by Crippen LogP contribution is 2.59. The van der Waals surface area contributed by atoms with Gasteiger partial charge in [-0.2, -0.15) is 8.78 Å². The van der Waals surface area contributed by atoms with Crippen LogP contribution in [0.1, 0.15) is 25.7 Å². The van der Waals surface area contributed by atoms with Crippen molar-refractivity contribution in [1.82, 2.24) is 0 Å². The number of hydrogen-bond acceptors (Lipinski definition) is 7. The zero-order valence-corrected chi connectivity index (χ0v) is 17.5. The van der Waals surface area contributed by atoms with E-state index in [0.29, 0.717) is 26.1 Å². The lowest BCUT2D eigenvalue weighted by atomic mass is 9.78. The molecule has 2 heterocycles. The number of halogens is 5. The molecule has 6 atom stereocenters. The zero-order chi connectivity index (χ0) is 24.3. The van der Waals surface area contributed by atoms with E-state index in [2.05, 4.69) is 4.74 Å². The topological polar surface area (TPSA) is 88.1 Å². The number of carbonyl (C=O) groups excluding carboxylic acids is 3. The van der Waals surface area contributed by atoms with Gasteiger partial charge < -0.3 is 18.9 Å². The van der Waals surface area contributed by atoms with Crippen LogP contribution in [-0.4, -0.2) is 43.3 Å². The smallest absolute Gasteiger partial charge is 0.315 e. The molecule has 0 aromatic heterocycles. The van der Waals surface area contributed by atoms with Crippen LogP contribution < -0.4 is 4.74 Å². The summed E-state index contributed by atoms with van der Waals surface area (Å²) < 4.78 is 89.0. The summed E-state index contributed by atoms with van der Waals surface area (Å²) in [6.45, 7) is 1.05. The van der Waals surface area contributed by atoms with Crippen molar-refractivity contribution in [1.29, 1.82) is 0 Å². The molecule has 4 aliphatic rings. The number of ether oxygens (including phenoxy) is 4. The monoisotopic (exact) mass is 490 g/mol. The van der Waals surface area contributed by atoms with Crippen LogP contribution in [0.3, 0.4) is 0 Å². The Bertz CT molecular complexity index is 1030. The first-order chi connectivity index (χ1) is 16.2. The van der Waals surface area contributed by atoms with Crippen molar-refractivity contribution < 1.29 is 55.3 Å². The third-order valence-corrected chi connectivity index (χ3v) is 7.25. The quantitative estimate of drug-likeness (QED) is 0.206. The molecule has 0 amide bonds. The van der Waals surface area contributed by atoms with E-state index in [1.165, 1.54) is 0 Å². The largest absolute Gasteiger partial charge is 0.458 e. The highest BCUT2D eigenvalue weighted by molar-refractivity contribution is 5.87. The van der Waals surface area contributed by atoms with Gasteiger partial charge in [0.15, 0.2) is 0 Å². The van der Waals surface area contributed by atoms with E-state index < -0.39 is 88.6 Å². The average molecular weight is 490 g/mol. The van der Waals surface area contributed by atoms with E-state index in [1.54, 1.807) is 0 Å². The number of hydrogen-bond donors (Lipinski definition) is 0. The van der Waals surface area contributed by atoms with Gasteiger partial charge in [-0.15, -0.1) is 0 Å². The molecule has 4 fully saturated rings. The van der Waals surface area contributed by atoms with Gasteiger partial charge in [-0.05, 0) is 25.2 Å². The number of esters is 3. The Morgan fingerprint density at radius 3 is 2.18 bits per heavy atom. The van der Waals surface area contributed by atoms with Crippen molar-refractivity contribution in [2.75, 3.05) is 13.2 Å². The number of carbonyl (C=O) groups is 3. The standard InChI is InChI=1S/C22H19F5O7/c23-13-14(24)16(26)20(17(27)15(13)25)34-22(30)11-8-6-9-12(11)21(29)33-19(9)18(8)32-10(28)5-7-1-3-31-4-2-7/h7-9,11-12,18-19H,1-6H2. The maximum Gasteiger partial charge on any atom is 0.315 e. The minimum Gasteiger partial charge on any atom is -0.458 e. The van der Waals surface area contributed by atoms with Crippen LogP contribution in [0.4, 0.5) is 22.0 Å². The van der Waals surface area contributed by atoms with Crippen molar-refractivity contribution in [3.63, 3.8) is 0 Å². The summed E-state index contributed by atoms with van der Waals surface area (Å²) in [5.74, 6) is -19.5. The van der Waals surface area contributed by atoms with Crippen LogP contribution in [0.2, 0.25) is 0 Å². The molecule has 184 valence electrons. The molecule has 12 heteroatoms. The normalized spacial score (nSPS) is 32.1. The van der Waals surface area contributed by atoms with Crippen molar-refractivity contribution in [2.24, 2.45) is 29.6 Å². The summed E-state index contributed by atoms with van der Waals surface area (Å²) in [6, 6.07) is 0. The summed E-state index contributed by atoms with van der Waals surface area (Å²) >= 11 is 0. The van der Waals surface area contributed by atoms with Crippen LogP contribution in [0.5, 0.6) is 5.75 Å². The predicted molar refractivity (Wildman–Crippen MR) is 98.4 cm³/mol. The first kappa shape index (κ1) is 23.0. The average Bonchev–Trinajstić information content (AvgIpc) is 3.44. The molecular formula is C22H19F5O7. The molecule has 6 unspecified atom stereocenters. The minimum absolute atomic E-state index is 0.0636. The molecule has 2 saturated carbocycles. The van der Waals surface area contributed by atoms with Crippen LogP contribution in [0.25, 0.3) is 0 Å². The van der Waals surface area contributed by atoms with Gasteiger partial charge in [-0.25, -0.2) is 13.2 Å². The fourth-order valence-electron chi connectivity index (χ4n) is 5.70. The van der Waals surface area contributed by atoms with Gasteiger partial charge in [-0.1, -0.05) is 0 Å². The summed E-state index contributed by atoms with van der Waals surface area (Å²) in [7, 11) is 0. The molecule has 0 spiro atoms. The Balaban J connectivity index is 1.35. The van der Waals surface area contributed by atoms with E-state index in [-0.39, 0.29) is 18.8 Å². The van der Waals surface area contributed by atoms with E-state index in [0.717, 1.165) is 0 Å². The van der Waals surface area contributed by atoms with E-state index in [4.69, 9.17) is 14.2 Å². The molecular weight excluding hydrogens is 471 g/mol. The number of rotatable bonds is 5. The summed E-state index contributed by atoms with van der Waals surface area (Å²) in [4.78, 5) is 37.8. The highest BCUT2D eigenvalue weighted by atomic mass is 19.2. The summed E-state index contributed by atoms with van der Waals surface area (Å²) in [5.41, 5.74) is 0. The first-order valence-electron chi connectivity index (χ1n) is 10.9. The van der Waals surface area contributed by atoms with Crippen LogP contribution in [0.15, 0.2) is 0 Å². The predicted octanol–water partition coefficient (Wildman–Crippen LogP) is 2.82. The highest BCUT2D eigenvalue weighted by Gasteiger charge is 2.70. The van der Waals surface area contributed by atoms with Crippen LogP contribution in [-0.2, 0) is 28.6 Å². The molecule has 2 saturated heterocycles. The molecule has 2 aliphatic heterocycles. The Morgan fingerprint density at radius 1 is 0.912 bits per heavy atom. The third-order valence-electron chi connectivity index (χ3n) is 7.25. The van der Waals surface area contributed by atoms with Gasteiger partial charge in [0.25, 0.3) is 0 Å². The second kappa shape index (κ2) is 8.47. The van der Waals surface area contributed by atoms with Gasteiger partial charge in [0.2, 0.25) is 34.8 Å². The second-order valence-electron chi connectivity index (χ2n) is 9.05. The van der Waals surface area contributed by atoms with Crippen LogP contribution in [0, 0.1) is 58.7 Å².